The average molecular weight is 431 g/mol. The standard InChI is InChI=1S/C24H22N4O2S/c29-22(25-20-13-6-9-17-8-4-5-12-19(17)20)16-31-24-27-26-23(21-14-7-15-30-21)28(24)18-10-2-1-3-11-18/h1-5,7-8,10-12,14-15,20H,6,9,13,16H2,(H,25,29)/t20-/m0/s1. The summed E-state index contributed by atoms with van der Waals surface area (Å²) in [7, 11) is 0. The normalized spacial score (nSPS) is 15.4. The summed E-state index contributed by atoms with van der Waals surface area (Å²) in [6.45, 7) is 0. The lowest BCUT2D eigenvalue weighted by molar-refractivity contribution is -0.119. The Hall–Kier alpha value is -3.32. The minimum Gasteiger partial charge on any atom is -0.461 e. The molecule has 31 heavy (non-hydrogen) atoms. The van der Waals surface area contributed by atoms with Crippen LogP contribution in [0.3, 0.4) is 0 Å². The van der Waals surface area contributed by atoms with Crippen molar-refractivity contribution in [3.05, 3.63) is 84.1 Å². The molecule has 6 nitrogen and oxygen atoms in total. The quantitative estimate of drug-likeness (QED) is 0.444. The van der Waals surface area contributed by atoms with Crippen LogP contribution in [0.2, 0.25) is 0 Å². The molecule has 0 aliphatic heterocycles. The van der Waals surface area contributed by atoms with Gasteiger partial charge in [-0.15, -0.1) is 10.2 Å². The first-order chi connectivity index (χ1) is 15.3. The van der Waals surface area contributed by atoms with Gasteiger partial charge in [-0.2, -0.15) is 0 Å². The van der Waals surface area contributed by atoms with Crippen LogP contribution in [0, 0.1) is 0 Å². The topological polar surface area (TPSA) is 73.0 Å². The van der Waals surface area contributed by atoms with E-state index in [2.05, 4.69) is 33.7 Å². The minimum atomic E-state index is -0.00568. The van der Waals surface area contributed by atoms with Crippen LogP contribution in [0.15, 0.2) is 82.6 Å². The first kappa shape index (κ1) is 19.6. The Morgan fingerprint density at radius 1 is 1.06 bits per heavy atom. The smallest absolute Gasteiger partial charge is 0.230 e. The van der Waals surface area contributed by atoms with Gasteiger partial charge in [0.05, 0.1) is 18.1 Å². The van der Waals surface area contributed by atoms with Crippen LogP contribution in [0.25, 0.3) is 17.3 Å². The van der Waals surface area contributed by atoms with E-state index in [0.717, 1.165) is 24.9 Å². The largest absolute Gasteiger partial charge is 0.461 e. The van der Waals surface area contributed by atoms with Crippen molar-refractivity contribution in [1.29, 1.82) is 0 Å². The number of nitrogens with one attached hydrogen (secondary N) is 1. The second-order valence-electron chi connectivity index (χ2n) is 7.45. The number of fused-ring (bicyclic) bond motifs is 1. The second kappa shape index (κ2) is 8.81. The van der Waals surface area contributed by atoms with Crippen LogP contribution in [-0.4, -0.2) is 26.4 Å². The van der Waals surface area contributed by atoms with Gasteiger partial charge in [-0.05, 0) is 54.7 Å². The summed E-state index contributed by atoms with van der Waals surface area (Å²) in [5, 5.41) is 12.5. The predicted molar refractivity (Wildman–Crippen MR) is 120 cm³/mol. The highest BCUT2D eigenvalue weighted by Crippen LogP contribution is 2.31. The molecule has 0 saturated carbocycles. The third-order valence-corrected chi connectivity index (χ3v) is 6.36. The molecule has 1 atom stereocenters. The van der Waals surface area contributed by atoms with Gasteiger partial charge in [-0.25, -0.2) is 0 Å². The second-order valence-corrected chi connectivity index (χ2v) is 8.40. The van der Waals surface area contributed by atoms with E-state index in [1.807, 2.05) is 53.1 Å². The van der Waals surface area contributed by atoms with E-state index in [1.54, 1.807) is 6.26 Å². The van der Waals surface area contributed by atoms with Crippen LogP contribution >= 0.6 is 11.8 Å². The molecular formula is C24H22N4O2S. The van der Waals surface area contributed by atoms with E-state index in [4.69, 9.17) is 4.42 Å². The number of aromatic nitrogens is 3. The van der Waals surface area contributed by atoms with Crippen molar-refractivity contribution >= 4 is 17.7 Å². The van der Waals surface area contributed by atoms with Gasteiger partial charge in [0.25, 0.3) is 0 Å². The number of rotatable bonds is 6. The lowest BCUT2D eigenvalue weighted by Gasteiger charge is -2.26. The van der Waals surface area contributed by atoms with Crippen LogP contribution < -0.4 is 5.32 Å². The maximum atomic E-state index is 12.8. The van der Waals surface area contributed by atoms with Crippen molar-refractivity contribution in [1.82, 2.24) is 20.1 Å². The summed E-state index contributed by atoms with van der Waals surface area (Å²) >= 11 is 1.37. The Morgan fingerprint density at radius 2 is 1.90 bits per heavy atom. The molecule has 1 aliphatic rings. The van der Waals surface area contributed by atoms with Crippen molar-refractivity contribution < 1.29 is 9.21 Å². The maximum Gasteiger partial charge on any atom is 0.230 e. The summed E-state index contributed by atoms with van der Waals surface area (Å²) in [6, 6.07) is 22.0. The molecule has 4 aromatic rings. The zero-order chi connectivity index (χ0) is 21.0. The fraction of sp³-hybridized carbons (Fsp3) is 0.208. The van der Waals surface area contributed by atoms with Crippen LogP contribution in [0.4, 0.5) is 0 Å². The molecule has 2 heterocycles. The number of thioether (sulfide) groups is 1. The number of benzene rings is 2. The molecule has 1 N–H and O–H groups in total. The molecule has 1 aliphatic carbocycles. The molecular weight excluding hydrogens is 408 g/mol. The van der Waals surface area contributed by atoms with Gasteiger partial charge in [-0.3, -0.25) is 9.36 Å². The van der Waals surface area contributed by atoms with Gasteiger partial charge in [-0.1, -0.05) is 54.2 Å². The van der Waals surface area contributed by atoms with Crippen molar-refractivity contribution in [2.24, 2.45) is 0 Å². The maximum absolute atomic E-state index is 12.8. The highest BCUT2D eigenvalue weighted by Gasteiger charge is 2.23. The third-order valence-electron chi connectivity index (χ3n) is 5.43. The number of aryl methyl sites for hydroxylation is 1. The van der Waals surface area contributed by atoms with Crippen molar-refractivity contribution in [2.75, 3.05) is 5.75 Å². The fourth-order valence-electron chi connectivity index (χ4n) is 4.01. The summed E-state index contributed by atoms with van der Waals surface area (Å²) in [4.78, 5) is 12.8. The number of para-hydroxylation sites is 1. The average Bonchev–Trinajstić information content (AvgIpc) is 3.48. The van der Waals surface area contributed by atoms with Crippen molar-refractivity contribution in [2.45, 2.75) is 30.5 Å². The number of hydrogen-bond acceptors (Lipinski definition) is 5. The lowest BCUT2D eigenvalue weighted by Crippen LogP contribution is -2.32. The van der Waals surface area contributed by atoms with E-state index in [1.165, 1.54) is 22.9 Å². The lowest BCUT2D eigenvalue weighted by atomic mass is 9.88. The first-order valence-corrected chi connectivity index (χ1v) is 11.3. The van der Waals surface area contributed by atoms with Crippen LogP contribution in [0.1, 0.15) is 30.0 Å². The highest BCUT2D eigenvalue weighted by atomic mass is 32.2. The Morgan fingerprint density at radius 3 is 2.74 bits per heavy atom. The molecule has 2 aromatic heterocycles. The Bertz CT molecular complexity index is 1170. The van der Waals surface area contributed by atoms with Gasteiger partial charge in [0.15, 0.2) is 10.9 Å². The predicted octanol–water partition coefficient (Wildman–Crippen LogP) is 4.81. The SMILES string of the molecule is O=C(CSc1nnc(-c2ccco2)n1-c1ccccc1)N[C@H]1CCCc2ccccc21. The Kier molecular flexibility index (Phi) is 5.58. The number of nitrogens with zero attached hydrogens (tertiary/aromatic N) is 3. The van der Waals surface area contributed by atoms with Gasteiger partial charge >= 0.3 is 0 Å². The zero-order valence-corrected chi connectivity index (χ0v) is 17.7. The van der Waals surface area contributed by atoms with E-state index < -0.39 is 0 Å². The van der Waals surface area contributed by atoms with Crippen molar-refractivity contribution in [3.63, 3.8) is 0 Å². The van der Waals surface area contributed by atoms with Crippen molar-refractivity contribution in [3.8, 4) is 17.3 Å². The summed E-state index contributed by atoms with van der Waals surface area (Å²) in [5.41, 5.74) is 3.49. The van der Waals surface area contributed by atoms with E-state index >= 15 is 0 Å². The van der Waals surface area contributed by atoms with Gasteiger partial charge in [0.2, 0.25) is 11.7 Å². The fourth-order valence-corrected chi connectivity index (χ4v) is 4.77. The molecule has 1 amide bonds. The Balaban J connectivity index is 1.34. The number of carbonyl (C=O) groups excluding carboxylic acids is 1. The van der Waals surface area contributed by atoms with Gasteiger partial charge < -0.3 is 9.73 Å². The monoisotopic (exact) mass is 430 g/mol. The number of amides is 1. The molecule has 7 heteroatoms. The number of carbonyl (C=O) groups is 1. The molecule has 2 aromatic carbocycles. The number of furan rings is 1. The molecule has 0 unspecified atom stereocenters. The summed E-state index contributed by atoms with van der Waals surface area (Å²) in [6.07, 6.45) is 4.74. The highest BCUT2D eigenvalue weighted by molar-refractivity contribution is 7.99. The van der Waals surface area contributed by atoms with Gasteiger partial charge in [0.1, 0.15) is 0 Å². The molecule has 156 valence electrons. The molecule has 5 rings (SSSR count). The van der Waals surface area contributed by atoms with Crippen LogP contribution in [-0.2, 0) is 11.2 Å². The molecule has 0 fully saturated rings. The first-order valence-electron chi connectivity index (χ1n) is 10.3. The summed E-state index contributed by atoms with van der Waals surface area (Å²) < 4.78 is 7.47. The number of hydrogen-bond donors (Lipinski definition) is 1. The minimum absolute atomic E-state index is 0.00568. The van der Waals surface area contributed by atoms with Crippen LogP contribution in [0.5, 0.6) is 0 Å². The van der Waals surface area contributed by atoms with E-state index in [9.17, 15) is 4.79 Å². The zero-order valence-electron chi connectivity index (χ0n) is 16.9. The molecule has 0 bridgehead atoms. The Labute approximate surface area is 184 Å². The van der Waals surface area contributed by atoms with E-state index in [-0.39, 0.29) is 17.7 Å². The summed E-state index contributed by atoms with van der Waals surface area (Å²) in [5.74, 6) is 1.50. The molecule has 0 radical (unpaired) electrons. The molecule has 0 spiro atoms. The molecule has 0 saturated heterocycles. The van der Waals surface area contributed by atoms with E-state index in [0.29, 0.717) is 16.7 Å². The van der Waals surface area contributed by atoms with Gasteiger partial charge in [0, 0.05) is 5.69 Å². The third kappa shape index (κ3) is 4.14.